The molecule has 4 nitrogen and oxygen atoms in total. The Bertz CT molecular complexity index is 1110. The monoisotopic (exact) mass is 466 g/mol. The third-order valence-electron chi connectivity index (χ3n) is 5.37. The number of nitrogens with one attached hydrogen (secondary N) is 1. The van der Waals surface area contributed by atoms with Crippen molar-refractivity contribution in [3.05, 3.63) is 88.2 Å². The number of halogens is 2. The quantitative estimate of drug-likeness (QED) is 0.363. The molecule has 0 saturated heterocycles. The van der Waals surface area contributed by atoms with E-state index in [1.165, 1.54) is 6.07 Å². The lowest BCUT2D eigenvalue weighted by Crippen LogP contribution is -2.28. The fraction of sp³-hybridized carbons (Fsp3) is 0.296. The van der Waals surface area contributed by atoms with Crippen molar-refractivity contribution >= 4 is 11.6 Å². The molecule has 1 N–H and O–H groups in total. The second-order valence-electron chi connectivity index (χ2n) is 8.02. The first-order chi connectivity index (χ1) is 16.0. The second kappa shape index (κ2) is 11.8. The molecule has 0 fully saturated rings. The Balaban J connectivity index is 2.10. The van der Waals surface area contributed by atoms with Crippen LogP contribution in [0.15, 0.2) is 60.7 Å². The highest BCUT2D eigenvalue weighted by molar-refractivity contribution is 6.33. The van der Waals surface area contributed by atoms with E-state index in [4.69, 9.17) is 21.1 Å². The summed E-state index contributed by atoms with van der Waals surface area (Å²) in [5.74, 6) is -0.524. The molecule has 0 heterocycles. The van der Waals surface area contributed by atoms with Crippen LogP contribution in [0.2, 0.25) is 5.02 Å². The van der Waals surface area contributed by atoms with Crippen molar-refractivity contribution in [1.29, 1.82) is 5.26 Å². The molecule has 0 radical (unpaired) electrons. The molecule has 1 unspecified atom stereocenters. The number of nitrogens with zero attached hydrogens (tertiary/aromatic N) is 1. The van der Waals surface area contributed by atoms with Crippen LogP contribution in [0.1, 0.15) is 36.5 Å². The largest absolute Gasteiger partial charge is 0.488 e. The average Bonchev–Trinajstić information content (AvgIpc) is 2.82. The molecule has 3 aromatic carbocycles. The van der Waals surface area contributed by atoms with Crippen LogP contribution in [0.4, 0.5) is 4.39 Å². The van der Waals surface area contributed by atoms with E-state index in [1.807, 2.05) is 30.3 Å². The third-order valence-corrected chi connectivity index (χ3v) is 5.70. The minimum atomic E-state index is -0.610. The van der Waals surface area contributed by atoms with Gasteiger partial charge >= 0.3 is 0 Å². The van der Waals surface area contributed by atoms with Crippen LogP contribution in [0.25, 0.3) is 11.1 Å². The summed E-state index contributed by atoms with van der Waals surface area (Å²) in [5.41, 5.74) is 2.91. The lowest BCUT2D eigenvalue weighted by molar-refractivity contribution is 0.144. The first-order valence-electron chi connectivity index (χ1n) is 10.9. The van der Waals surface area contributed by atoms with Crippen molar-refractivity contribution in [3.63, 3.8) is 0 Å². The van der Waals surface area contributed by atoms with E-state index in [-0.39, 0.29) is 29.4 Å². The summed E-state index contributed by atoms with van der Waals surface area (Å²) in [5, 5.41) is 13.5. The number of benzene rings is 3. The predicted octanol–water partition coefficient (Wildman–Crippen LogP) is 6.17. The molecule has 0 aliphatic heterocycles. The van der Waals surface area contributed by atoms with Crippen molar-refractivity contribution in [2.24, 2.45) is 0 Å². The molecule has 1 atom stereocenters. The molecule has 3 aromatic rings. The number of rotatable bonds is 10. The van der Waals surface area contributed by atoms with Gasteiger partial charge in [0.15, 0.2) is 11.6 Å². The highest BCUT2D eigenvalue weighted by atomic mass is 35.5. The molecule has 6 heteroatoms. The first kappa shape index (κ1) is 24.7. The van der Waals surface area contributed by atoms with Crippen LogP contribution in [-0.4, -0.2) is 32.9 Å². The van der Waals surface area contributed by atoms with Gasteiger partial charge in [-0.15, -0.1) is 0 Å². The van der Waals surface area contributed by atoms with Crippen LogP contribution in [-0.2, 0) is 4.74 Å². The number of nitriles is 1. The van der Waals surface area contributed by atoms with Gasteiger partial charge in [0.1, 0.15) is 6.61 Å². The van der Waals surface area contributed by atoms with Crippen molar-refractivity contribution < 1.29 is 13.9 Å². The topological polar surface area (TPSA) is 54.3 Å². The summed E-state index contributed by atoms with van der Waals surface area (Å²) in [6, 6.07) is 21.1. The van der Waals surface area contributed by atoms with E-state index in [9.17, 15) is 5.26 Å². The Labute approximate surface area is 199 Å². The standard InChI is InChI=1S/C27H28ClFN2O2/c1-18(2)31-17-23(19-7-5-4-6-8-19)20-9-11-24(28)22(15-20)26-21(16-30)10-12-25(27(26)29)33-14-13-32-3/h4-12,15,18,23,31H,13-14,17H2,1-3H3. The molecule has 0 aliphatic rings. The van der Waals surface area contributed by atoms with Gasteiger partial charge in [-0.2, -0.15) is 5.26 Å². The molecule has 0 aliphatic carbocycles. The Morgan fingerprint density at radius 1 is 1.03 bits per heavy atom. The number of hydrogen-bond donors (Lipinski definition) is 1. The van der Waals surface area contributed by atoms with Crippen LogP contribution in [0, 0.1) is 17.1 Å². The number of methoxy groups -OCH3 is 1. The molecule has 172 valence electrons. The van der Waals surface area contributed by atoms with Crippen LogP contribution in [0.3, 0.4) is 0 Å². The van der Waals surface area contributed by atoms with E-state index in [0.717, 1.165) is 11.1 Å². The van der Waals surface area contributed by atoms with E-state index in [1.54, 1.807) is 19.2 Å². The summed E-state index contributed by atoms with van der Waals surface area (Å²) in [6.07, 6.45) is 0. The van der Waals surface area contributed by atoms with E-state index in [2.05, 4.69) is 37.4 Å². The minimum absolute atomic E-state index is 0.0272. The Morgan fingerprint density at radius 3 is 2.45 bits per heavy atom. The van der Waals surface area contributed by atoms with Gasteiger partial charge in [0.2, 0.25) is 0 Å². The van der Waals surface area contributed by atoms with Crippen LogP contribution < -0.4 is 10.1 Å². The zero-order valence-corrected chi connectivity index (χ0v) is 19.8. The highest BCUT2D eigenvalue weighted by Crippen LogP contribution is 2.39. The average molecular weight is 467 g/mol. The Morgan fingerprint density at radius 2 is 1.79 bits per heavy atom. The van der Waals surface area contributed by atoms with E-state index in [0.29, 0.717) is 29.8 Å². The summed E-state index contributed by atoms with van der Waals surface area (Å²) in [4.78, 5) is 0. The molecule has 3 rings (SSSR count). The zero-order chi connectivity index (χ0) is 23.8. The zero-order valence-electron chi connectivity index (χ0n) is 19.1. The lowest BCUT2D eigenvalue weighted by Gasteiger charge is -2.22. The smallest absolute Gasteiger partial charge is 0.174 e. The maximum atomic E-state index is 15.5. The molecule has 0 bridgehead atoms. The Hall–Kier alpha value is -2.91. The minimum Gasteiger partial charge on any atom is -0.488 e. The van der Waals surface area contributed by atoms with Gasteiger partial charge in [-0.3, -0.25) is 0 Å². The maximum Gasteiger partial charge on any atom is 0.174 e. The first-order valence-corrected chi connectivity index (χ1v) is 11.3. The number of ether oxygens (including phenoxy) is 2. The van der Waals surface area contributed by atoms with Gasteiger partial charge in [0, 0.05) is 41.8 Å². The maximum absolute atomic E-state index is 15.5. The Kier molecular flexibility index (Phi) is 8.85. The van der Waals surface area contributed by atoms with Gasteiger partial charge in [-0.05, 0) is 35.4 Å². The van der Waals surface area contributed by atoms with Gasteiger partial charge in [-0.1, -0.05) is 61.8 Å². The third kappa shape index (κ3) is 6.11. The van der Waals surface area contributed by atoms with E-state index >= 15 is 4.39 Å². The van der Waals surface area contributed by atoms with Gasteiger partial charge < -0.3 is 14.8 Å². The second-order valence-corrected chi connectivity index (χ2v) is 8.43. The highest BCUT2D eigenvalue weighted by Gasteiger charge is 2.22. The van der Waals surface area contributed by atoms with Crippen molar-refractivity contribution in [2.75, 3.05) is 26.9 Å². The van der Waals surface area contributed by atoms with Crippen molar-refractivity contribution in [3.8, 4) is 22.9 Å². The van der Waals surface area contributed by atoms with Gasteiger partial charge in [-0.25, -0.2) is 4.39 Å². The molecular formula is C27H28ClFN2O2. The van der Waals surface area contributed by atoms with Crippen molar-refractivity contribution in [1.82, 2.24) is 5.32 Å². The summed E-state index contributed by atoms with van der Waals surface area (Å²) < 4.78 is 26.0. The molecule has 0 spiro atoms. The van der Waals surface area contributed by atoms with Crippen molar-refractivity contribution in [2.45, 2.75) is 25.8 Å². The molecule has 33 heavy (non-hydrogen) atoms. The molecule has 0 saturated carbocycles. The lowest BCUT2D eigenvalue weighted by atomic mass is 9.88. The van der Waals surface area contributed by atoms with Gasteiger partial charge in [0.25, 0.3) is 0 Å². The number of hydrogen-bond acceptors (Lipinski definition) is 4. The SMILES string of the molecule is COCCOc1ccc(C#N)c(-c2cc(C(CNC(C)C)c3ccccc3)ccc2Cl)c1F. The van der Waals surface area contributed by atoms with Crippen LogP contribution in [0.5, 0.6) is 5.75 Å². The molecule has 0 amide bonds. The fourth-order valence-electron chi connectivity index (χ4n) is 3.68. The molecular weight excluding hydrogens is 439 g/mol. The summed E-state index contributed by atoms with van der Waals surface area (Å²) in [6.45, 7) is 5.42. The predicted molar refractivity (Wildman–Crippen MR) is 130 cm³/mol. The summed E-state index contributed by atoms with van der Waals surface area (Å²) in [7, 11) is 1.55. The molecule has 0 aromatic heterocycles. The fourth-order valence-corrected chi connectivity index (χ4v) is 3.89. The summed E-state index contributed by atoms with van der Waals surface area (Å²) >= 11 is 6.54. The van der Waals surface area contributed by atoms with E-state index < -0.39 is 5.82 Å². The van der Waals surface area contributed by atoms with Crippen LogP contribution >= 0.6 is 11.6 Å². The normalized spacial score (nSPS) is 11.9. The van der Waals surface area contributed by atoms with Gasteiger partial charge in [0.05, 0.1) is 18.2 Å².